The topological polar surface area (TPSA) is 75.9 Å². The van der Waals surface area contributed by atoms with Gasteiger partial charge in [-0.3, -0.25) is 4.79 Å². The van der Waals surface area contributed by atoms with Crippen LogP contribution in [0.1, 0.15) is 47.5 Å². The van der Waals surface area contributed by atoms with Gasteiger partial charge in [-0.25, -0.2) is 4.79 Å². The summed E-state index contributed by atoms with van der Waals surface area (Å²) in [6, 6.07) is 0.118. The summed E-state index contributed by atoms with van der Waals surface area (Å²) in [5.74, 6) is 0.239. The second kappa shape index (κ2) is 7.81. The molecule has 0 aromatic heterocycles. The van der Waals surface area contributed by atoms with Crippen molar-refractivity contribution in [2.75, 3.05) is 26.2 Å². The SMILES string of the molecule is CC(C)N(CC1CCCN(C(=O)OC(C)(C)C)C1)C(=O)CN. The summed E-state index contributed by atoms with van der Waals surface area (Å²) in [6.07, 6.45) is 1.69. The fourth-order valence-corrected chi connectivity index (χ4v) is 2.70. The zero-order valence-corrected chi connectivity index (χ0v) is 14.6. The fraction of sp³-hybridized carbons (Fsp3) is 0.875. The number of nitrogens with two attached hydrogens (primary N) is 1. The van der Waals surface area contributed by atoms with Gasteiger partial charge in [0.1, 0.15) is 5.60 Å². The molecule has 1 rings (SSSR count). The third-order valence-corrected chi connectivity index (χ3v) is 3.74. The van der Waals surface area contributed by atoms with E-state index in [-0.39, 0.29) is 30.5 Å². The summed E-state index contributed by atoms with van der Waals surface area (Å²) in [6.45, 7) is 11.6. The Hall–Kier alpha value is -1.30. The first-order valence-corrected chi connectivity index (χ1v) is 8.11. The Labute approximate surface area is 134 Å². The van der Waals surface area contributed by atoms with E-state index in [9.17, 15) is 9.59 Å². The van der Waals surface area contributed by atoms with E-state index in [1.807, 2.05) is 39.5 Å². The molecule has 22 heavy (non-hydrogen) atoms. The molecule has 1 aliphatic heterocycles. The number of piperidine rings is 1. The molecule has 1 aliphatic rings. The highest BCUT2D eigenvalue weighted by Gasteiger charge is 2.29. The maximum Gasteiger partial charge on any atom is 0.410 e. The molecule has 6 heteroatoms. The van der Waals surface area contributed by atoms with Crippen LogP contribution in [0.3, 0.4) is 0 Å². The second-order valence-electron chi connectivity index (χ2n) is 7.28. The summed E-state index contributed by atoms with van der Waals surface area (Å²) in [4.78, 5) is 27.7. The number of ether oxygens (including phenoxy) is 1. The number of rotatable bonds is 4. The van der Waals surface area contributed by atoms with E-state index in [1.54, 1.807) is 4.90 Å². The van der Waals surface area contributed by atoms with Crippen LogP contribution in [-0.4, -0.2) is 59.6 Å². The van der Waals surface area contributed by atoms with Gasteiger partial charge in [0.2, 0.25) is 5.91 Å². The first-order valence-electron chi connectivity index (χ1n) is 8.11. The van der Waals surface area contributed by atoms with Gasteiger partial charge in [-0.1, -0.05) is 0 Å². The van der Waals surface area contributed by atoms with Gasteiger partial charge >= 0.3 is 6.09 Å². The minimum absolute atomic E-state index is 0.0285. The summed E-state index contributed by atoms with van der Waals surface area (Å²) in [7, 11) is 0. The Kier molecular flexibility index (Phi) is 6.66. The number of carbonyl (C=O) groups excluding carboxylic acids is 2. The van der Waals surface area contributed by atoms with Crippen LogP contribution in [0.2, 0.25) is 0 Å². The Morgan fingerprint density at radius 2 is 2.00 bits per heavy atom. The maximum absolute atomic E-state index is 12.2. The lowest BCUT2D eigenvalue weighted by Crippen LogP contribution is -2.49. The minimum Gasteiger partial charge on any atom is -0.444 e. The molecular formula is C16H31N3O3. The molecule has 0 bridgehead atoms. The lowest BCUT2D eigenvalue weighted by Gasteiger charge is -2.37. The average molecular weight is 313 g/mol. The van der Waals surface area contributed by atoms with E-state index in [0.29, 0.717) is 13.1 Å². The van der Waals surface area contributed by atoms with Gasteiger partial charge in [-0.2, -0.15) is 0 Å². The highest BCUT2D eigenvalue weighted by atomic mass is 16.6. The number of hydrogen-bond donors (Lipinski definition) is 1. The quantitative estimate of drug-likeness (QED) is 0.859. The van der Waals surface area contributed by atoms with Crippen LogP contribution < -0.4 is 5.73 Å². The number of likely N-dealkylation sites (tertiary alicyclic amines) is 1. The summed E-state index contributed by atoms with van der Waals surface area (Å²) in [5, 5.41) is 0. The van der Waals surface area contributed by atoms with Gasteiger partial charge in [0.25, 0.3) is 0 Å². The molecule has 1 fully saturated rings. The minimum atomic E-state index is -0.483. The molecule has 0 spiro atoms. The van der Waals surface area contributed by atoms with Crippen molar-refractivity contribution >= 4 is 12.0 Å². The van der Waals surface area contributed by atoms with Crippen LogP contribution in [0, 0.1) is 5.92 Å². The molecule has 1 unspecified atom stereocenters. The van der Waals surface area contributed by atoms with Gasteiger partial charge in [-0.05, 0) is 53.4 Å². The maximum atomic E-state index is 12.2. The van der Waals surface area contributed by atoms with Crippen molar-refractivity contribution in [2.24, 2.45) is 11.7 Å². The highest BCUT2D eigenvalue weighted by molar-refractivity contribution is 5.78. The third-order valence-electron chi connectivity index (χ3n) is 3.74. The molecule has 0 aromatic carbocycles. The summed E-state index contributed by atoms with van der Waals surface area (Å²) in [5.41, 5.74) is 5.00. The largest absolute Gasteiger partial charge is 0.444 e. The summed E-state index contributed by atoms with van der Waals surface area (Å²) < 4.78 is 5.43. The van der Waals surface area contributed by atoms with Crippen molar-refractivity contribution in [3.8, 4) is 0 Å². The van der Waals surface area contributed by atoms with Crippen LogP contribution in [0.15, 0.2) is 0 Å². The van der Waals surface area contributed by atoms with E-state index in [4.69, 9.17) is 10.5 Å². The lowest BCUT2D eigenvalue weighted by atomic mass is 9.97. The Bertz CT molecular complexity index is 391. The number of amides is 2. The standard InChI is InChI=1S/C16H31N3O3/c1-12(2)19(14(20)9-17)11-13-7-6-8-18(10-13)15(21)22-16(3,4)5/h12-13H,6-11,17H2,1-5H3. The first-order chi connectivity index (χ1) is 10.1. The predicted octanol–water partition coefficient (Wildman–Crippen LogP) is 1.83. The molecule has 0 radical (unpaired) electrons. The molecule has 2 N–H and O–H groups in total. The van der Waals surface area contributed by atoms with Crippen LogP contribution in [0.4, 0.5) is 4.79 Å². The normalized spacial score (nSPS) is 19.2. The van der Waals surface area contributed by atoms with Crippen LogP contribution in [0.25, 0.3) is 0 Å². The number of carbonyl (C=O) groups is 2. The molecular weight excluding hydrogens is 282 g/mol. The van der Waals surface area contributed by atoms with Crippen LogP contribution >= 0.6 is 0 Å². The monoisotopic (exact) mass is 313 g/mol. The molecule has 1 heterocycles. The van der Waals surface area contributed by atoms with Gasteiger partial charge < -0.3 is 20.3 Å². The van der Waals surface area contributed by atoms with E-state index in [2.05, 4.69) is 0 Å². The van der Waals surface area contributed by atoms with Crippen LogP contribution in [0.5, 0.6) is 0 Å². The molecule has 128 valence electrons. The van der Waals surface area contributed by atoms with E-state index < -0.39 is 5.60 Å². The van der Waals surface area contributed by atoms with E-state index >= 15 is 0 Å². The molecule has 0 aromatic rings. The van der Waals surface area contributed by atoms with Crippen molar-refractivity contribution in [1.29, 1.82) is 0 Å². The lowest BCUT2D eigenvalue weighted by molar-refractivity contribution is -0.132. The van der Waals surface area contributed by atoms with E-state index in [1.165, 1.54) is 0 Å². The predicted molar refractivity (Wildman–Crippen MR) is 86.4 cm³/mol. The highest BCUT2D eigenvalue weighted by Crippen LogP contribution is 2.21. The van der Waals surface area contributed by atoms with E-state index in [0.717, 1.165) is 19.4 Å². The van der Waals surface area contributed by atoms with Crippen molar-refractivity contribution in [1.82, 2.24) is 9.80 Å². The third kappa shape index (κ3) is 5.83. The van der Waals surface area contributed by atoms with Crippen molar-refractivity contribution in [2.45, 2.75) is 59.1 Å². The molecule has 0 aliphatic carbocycles. The molecule has 6 nitrogen and oxygen atoms in total. The Morgan fingerprint density at radius 3 is 2.50 bits per heavy atom. The number of nitrogens with zero attached hydrogens (tertiary/aromatic N) is 2. The zero-order valence-electron chi connectivity index (χ0n) is 14.6. The molecule has 1 atom stereocenters. The fourth-order valence-electron chi connectivity index (χ4n) is 2.70. The van der Waals surface area contributed by atoms with Gasteiger partial charge in [0, 0.05) is 25.7 Å². The molecule has 0 saturated carbocycles. The second-order valence-corrected chi connectivity index (χ2v) is 7.28. The Balaban J connectivity index is 2.62. The molecule has 1 saturated heterocycles. The smallest absolute Gasteiger partial charge is 0.410 e. The Morgan fingerprint density at radius 1 is 1.36 bits per heavy atom. The van der Waals surface area contributed by atoms with Crippen molar-refractivity contribution in [3.05, 3.63) is 0 Å². The van der Waals surface area contributed by atoms with Crippen molar-refractivity contribution in [3.63, 3.8) is 0 Å². The zero-order chi connectivity index (χ0) is 16.9. The molecule has 2 amide bonds. The van der Waals surface area contributed by atoms with Crippen LogP contribution in [-0.2, 0) is 9.53 Å². The van der Waals surface area contributed by atoms with Crippen molar-refractivity contribution < 1.29 is 14.3 Å². The first kappa shape index (κ1) is 18.7. The van der Waals surface area contributed by atoms with Gasteiger partial charge in [0.15, 0.2) is 0 Å². The van der Waals surface area contributed by atoms with Gasteiger partial charge in [-0.15, -0.1) is 0 Å². The number of hydrogen-bond acceptors (Lipinski definition) is 4. The average Bonchev–Trinajstić information content (AvgIpc) is 2.42. The van der Waals surface area contributed by atoms with Gasteiger partial charge in [0.05, 0.1) is 6.54 Å². The summed E-state index contributed by atoms with van der Waals surface area (Å²) >= 11 is 0.